The van der Waals surface area contributed by atoms with E-state index in [1.807, 2.05) is 6.07 Å². The number of hydrogen-bond acceptors (Lipinski definition) is 2. The van der Waals surface area contributed by atoms with Crippen molar-refractivity contribution in [2.45, 2.75) is 25.3 Å². The fraction of sp³-hybridized carbons (Fsp3) is 0.364. The zero-order valence-electron chi connectivity index (χ0n) is 8.62. The molecule has 88 valence electrons. The van der Waals surface area contributed by atoms with Gasteiger partial charge in [-0.2, -0.15) is 0 Å². The normalized spacial score (nSPS) is 12.4. The van der Waals surface area contributed by atoms with Gasteiger partial charge in [0.25, 0.3) is 0 Å². The van der Waals surface area contributed by atoms with Crippen molar-refractivity contribution in [2.75, 3.05) is 0 Å². The van der Waals surface area contributed by atoms with Gasteiger partial charge in [0.05, 0.1) is 0 Å². The van der Waals surface area contributed by atoms with Crippen molar-refractivity contribution in [2.24, 2.45) is 5.73 Å². The monoisotopic (exact) mass is 261 g/mol. The van der Waals surface area contributed by atoms with Gasteiger partial charge in [0.15, 0.2) is 0 Å². The zero-order valence-corrected chi connectivity index (χ0v) is 10.1. The van der Waals surface area contributed by atoms with Gasteiger partial charge in [-0.05, 0) is 30.5 Å². The summed E-state index contributed by atoms with van der Waals surface area (Å²) in [6.07, 6.45) is 1.07. The van der Waals surface area contributed by atoms with Crippen LogP contribution in [-0.2, 0) is 11.2 Å². The maximum Gasteiger partial charge on any atom is 0.303 e. The molecule has 0 aliphatic rings. The van der Waals surface area contributed by atoms with Crippen molar-refractivity contribution in [3.63, 3.8) is 0 Å². The van der Waals surface area contributed by atoms with Crippen LogP contribution in [-0.4, -0.2) is 17.1 Å². The van der Waals surface area contributed by atoms with E-state index < -0.39 is 5.97 Å². The highest BCUT2D eigenvalue weighted by molar-refractivity contribution is 6.35. The van der Waals surface area contributed by atoms with Gasteiger partial charge in [-0.1, -0.05) is 29.3 Å². The standard InChI is InChI=1S/C11H13Cl2NO2/c12-8-2-1-7(10(13)6-8)5-9(14)3-4-11(15)16/h1-2,6,9H,3-5,14H2,(H,15,16). The minimum absolute atomic E-state index is 0.0758. The summed E-state index contributed by atoms with van der Waals surface area (Å²) >= 11 is 11.7. The SMILES string of the molecule is NC(CCC(=O)O)Cc1ccc(Cl)cc1Cl. The molecule has 1 aromatic carbocycles. The van der Waals surface area contributed by atoms with Gasteiger partial charge < -0.3 is 10.8 Å². The highest BCUT2D eigenvalue weighted by Gasteiger charge is 2.09. The second-order valence-corrected chi connectivity index (χ2v) is 4.48. The van der Waals surface area contributed by atoms with E-state index in [2.05, 4.69) is 0 Å². The molecule has 0 aromatic heterocycles. The Morgan fingerprint density at radius 1 is 1.44 bits per heavy atom. The summed E-state index contributed by atoms with van der Waals surface area (Å²) in [6.45, 7) is 0. The first kappa shape index (κ1) is 13.3. The second-order valence-electron chi connectivity index (χ2n) is 3.63. The Morgan fingerprint density at radius 3 is 2.69 bits per heavy atom. The van der Waals surface area contributed by atoms with E-state index in [0.29, 0.717) is 22.9 Å². The molecule has 0 bridgehead atoms. The minimum atomic E-state index is -0.836. The lowest BCUT2D eigenvalue weighted by Gasteiger charge is -2.11. The number of hydrogen-bond donors (Lipinski definition) is 2. The number of carboxylic acids is 1. The first-order chi connectivity index (χ1) is 7.49. The Morgan fingerprint density at radius 2 is 2.12 bits per heavy atom. The van der Waals surface area contributed by atoms with Crippen molar-refractivity contribution in [1.29, 1.82) is 0 Å². The van der Waals surface area contributed by atoms with Crippen LogP contribution in [0.15, 0.2) is 18.2 Å². The molecule has 0 spiro atoms. The first-order valence-electron chi connectivity index (χ1n) is 4.90. The molecule has 1 atom stereocenters. The average molecular weight is 262 g/mol. The number of nitrogens with two attached hydrogens (primary N) is 1. The molecular formula is C11H13Cl2NO2. The topological polar surface area (TPSA) is 63.3 Å². The van der Waals surface area contributed by atoms with Crippen LogP contribution in [0.3, 0.4) is 0 Å². The minimum Gasteiger partial charge on any atom is -0.481 e. The number of aliphatic carboxylic acids is 1. The van der Waals surface area contributed by atoms with Gasteiger partial charge in [-0.15, -0.1) is 0 Å². The van der Waals surface area contributed by atoms with Crippen molar-refractivity contribution in [3.8, 4) is 0 Å². The third-order valence-electron chi connectivity index (χ3n) is 2.23. The van der Waals surface area contributed by atoms with E-state index in [9.17, 15) is 4.79 Å². The molecule has 0 fully saturated rings. The largest absolute Gasteiger partial charge is 0.481 e. The highest BCUT2D eigenvalue weighted by atomic mass is 35.5. The highest BCUT2D eigenvalue weighted by Crippen LogP contribution is 2.22. The number of benzene rings is 1. The van der Waals surface area contributed by atoms with Crippen LogP contribution >= 0.6 is 23.2 Å². The average Bonchev–Trinajstić information content (AvgIpc) is 2.19. The van der Waals surface area contributed by atoms with Crippen LogP contribution in [0.2, 0.25) is 10.0 Å². The van der Waals surface area contributed by atoms with Gasteiger partial charge in [-0.3, -0.25) is 4.79 Å². The molecule has 0 aliphatic carbocycles. The Labute approximate surface area is 104 Å². The van der Waals surface area contributed by atoms with Crippen LogP contribution in [0.1, 0.15) is 18.4 Å². The molecule has 3 nitrogen and oxygen atoms in total. The Hall–Kier alpha value is -0.770. The van der Waals surface area contributed by atoms with E-state index in [1.165, 1.54) is 0 Å². The van der Waals surface area contributed by atoms with Gasteiger partial charge in [0.1, 0.15) is 0 Å². The Balaban J connectivity index is 2.55. The van der Waals surface area contributed by atoms with Gasteiger partial charge in [0, 0.05) is 22.5 Å². The summed E-state index contributed by atoms with van der Waals surface area (Å²) in [5.74, 6) is -0.836. The predicted molar refractivity (Wildman–Crippen MR) is 65.0 cm³/mol. The van der Waals surface area contributed by atoms with Gasteiger partial charge in [0.2, 0.25) is 0 Å². The maximum absolute atomic E-state index is 10.4. The molecule has 0 amide bonds. The van der Waals surface area contributed by atoms with Crippen molar-refractivity contribution < 1.29 is 9.90 Å². The molecule has 1 aromatic rings. The van der Waals surface area contributed by atoms with E-state index in [-0.39, 0.29) is 12.5 Å². The summed E-state index contributed by atoms with van der Waals surface area (Å²) in [7, 11) is 0. The van der Waals surface area contributed by atoms with Crippen molar-refractivity contribution in [3.05, 3.63) is 33.8 Å². The first-order valence-corrected chi connectivity index (χ1v) is 5.66. The van der Waals surface area contributed by atoms with Crippen molar-refractivity contribution >= 4 is 29.2 Å². The summed E-state index contributed by atoms with van der Waals surface area (Å²) < 4.78 is 0. The summed E-state index contributed by atoms with van der Waals surface area (Å²) in [5, 5.41) is 9.66. The lowest BCUT2D eigenvalue weighted by atomic mass is 10.0. The second kappa shape index (κ2) is 6.09. The number of halogens is 2. The number of rotatable bonds is 5. The molecule has 3 N–H and O–H groups in total. The molecule has 0 saturated heterocycles. The smallest absolute Gasteiger partial charge is 0.303 e. The maximum atomic E-state index is 10.4. The summed E-state index contributed by atoms with van der Waals surface area (Å²) in [6, 6.07) is 5.01. The van der Waals surface area contributed by atoms with E-state index >= 15 is 0 Å². The van der Waals surface area contributed by atoms with Crippen molar-refractivity contribution in [1.82, 2.24) is 0 Å². The van der Waals surface area contributed by atoms with E-state index in [4.69, 9.17) is 34.0 Å². The summed E-state index contributed by atoms with van der Waals surface area (Å²) in [5.41, 5.74) is 6.70. The third-order valence-corrected chi connectivity index (χ3v) is 2.81. The third kappa shape index (κ3) is 4.39. The molecule has 1 rings (SSSR count). The van der Waals surface area contributed by atoms with Gasteiger partial charge >= 0.3 is 5.97 Å². The van der Waals surface area contributed by atoms with E-state index in [1.54, 1.807) is 12.1 Å². The lowest BCUT2D eigenvalue weighted by molar-refractivity contribution is -0.137. The molecule has 0 aliphatic heterocycles. The predicted octanol–water partition coefficient (Wildman–Crippen LogP) is 2.73. The van der Waals surface area contributed by atoms with Gasteiger partial charge in [-0.25, -0.2) is 0 Å². The number of carbonyl (C=O) groups is 1. The zero-order chi connectivity index (χ0) is 12.1. The van der Waals surface area contributed by atoms with Crippen LogP contribution in [0.4, 0.5) is 0 Å². The molecule has 5 heteroatoms. The Bertz CT molecular complexity index is 382. The number of carboxylic acid groups (broad SMARTS) is 1. The quantitative estimate of drug-likeness (QED) is 0.857. The van der Waals surface area contributed by atoms with Crippen LogP contribution < -0.4 is 5.73 Å². The molecule has 0 heterocycles. The molecule has 0 saturated carbocycles. The molecule has 1 unspecified atom stereocenters. The van der Waals surface area contributed by atoms with E-state index in [0.717, 1.165) is 5.56 Å². The molecule has 0 radical (unpaired) electrons. The molecular weight excluding hydrogens is 249 g/mol. The molecule has 16 heavy (non-hydrogen) atoms. The van der Waals surface area contributed by atoms with Crippen LogP contribution in [0, 0.1) is 0 Å². The Kier molecular flexibility index (Phi) is 5.06. The fourth-order valence-corrected chi connectivity index (χ4v) is 1.87. The fourth-order valence-electron chi connectivity index (χ4n) is 1.38. The summed E-state index contributed by atoms with van der Waals surface area (Å²) in [4.78, 5) is 10.4. The van der Waals surface area contributed by atoms with Crippen LogP contribution in [0.25, 0.3) is 0 Å². The lowest BCUT2D eigenvalue weighted by Crippen LogP contribution is -2.23. The van der Waals surface area contributed by atoms with Crippen LogP contribution in [0.5, 0.6) is 0 Å².